The van der Waals surface area contributed by atoms with E-state index >= 15 is 0 Å². The Labute approximate surface area is 192 Å². The lowest BCUT2D eigenvalue weighted by atomic mass is 9.97. The van der Waals surface area contributed by atoms with E-state index in [-0.39, 0.29) is 30.2 Å². The lowest BCUT2D eigenvalue weighted by Gasteiger charge is -2.32. The van der Waals surface area contributed by atoms with E-state index in [4.69, 9.17) is 9.47 Å². The van der Waals surface area contributed by atoms with Gasteiger partial charge in [0, 0.05) is 32.2 Å². The third-order valence-electron chi connectivity index (χ3n) is 6.54. The second-order valence-corrected chi connectivity index (χ2v) is 8.93. The van der Waals surface area contributed by atoms with Gasteiger partial charge in [0.15, 0.2) is 6.61 Å². The van der Waals surface area contributed by atoms with Gasteiger partial charge in [0.05, 0.1) is 13.2 Å². The minimum Gasteiger partial charge on any atom is -0.484 e. The molecule has 1 saturated heterocycles. The SMILES string of the molecule is COCCn1nc(C2CCCN(C(=O)COc3ccc4ccccc4c3)C2)n(C2CC2)c1=O. The molecular formula is C25H30N4O4. The Balaban J connectivity index is 1.26. The van der Waals surface area contributed by atoms with Gasteiger partial charge in [-0.1, -0.05) is 30.3 Å². The van der Waals surface area contributed by atoms with E-state index in [1.54, 1.807) is 7.11 Å². The zero-order valence-electron chi connectivity index (χ0n) is 19.0. The molecule has 1 unspecified atom stereocenters. The van der Waals surface area contributed by atoms with Gasteiger partial charge in [0.2, 0.25) is 0 Å². The molecule has 1 aromatic heterocycles. The average Bonchev–Trinajstić information content (AvgIpc) is 3.64. The monoisotopic (exact) mass is 450 g/mol. The third kappa shape index (κ3) is 4.66. The summed E-state index contributed by atoms with van der Waals surface area (Å²) in [6.07, 6.45) is 3.83. The number of likely N-dealkylation sites (tertiary alicyclic amines) is 1. The zero-order valence-corrected chi connectivity index (χ0v) is 19.0. The molecule has 8 nitrogen and oxygen atoms in total. The van der Waals surface area contributed by atoms with Crippen molar-refractivity contribution in [3.63, 3.8) is 0 Å². The summed E-state index contributed by atoms with van der Waals surface area (Å²) in [5, 5.41) is 6.89. The lowest BCUT2D eigenvalue weighted by Crippen LogP contribution is -2.42. The molecule has 1 aliphatic carbocycles. The number of amides is 1. The highest BCUT2D eigenvalue weighted by Crippen LogP contribution is 2.37. The van der Waals surface area contributed by atoms with Gasteiger partial charge in [-0.25, -0.2) is 9.48 Å². The smallest absolute Gasteiger partial charge is 0.346 e. The summed E-state index contributed by atoms with van der Waals surface area (Å²) in [4.78, 5) is 27.7. The Hall–Kier alpha value is -3.13. The summed E-state index contributed by atoms with van der Waals surface area (Å²) in [6, 6.07) is 14.2. The van der Waals surface area contributed by atoms with Crippen LogP contribution in [0.25, 0.3) is 10.8 Å². The fourth-order valence-corrected chi connectivity index (χ4v) is 4.62. The fraction of sp³-hybridized carbons (Fsp3) is 0.480. The van der Waals surface area contributed by atoms with Crippen LogP contribution in [0, 0.1) is 0 Å². The van der Waals surface area contributed by atoms with Crippen LogP contribution in [0.4, 0.5) is 0 Å². The van der Waals surface area contributed by atoms with Gasteiger partial charge in [0.25, 0.3) is 5.91 Å². The first-order valence-electron chi connectivity index (χ1n) is 11.7. The summed E-state index contributed by atoms with van der Waals surface area (Å²) >= 11 is 0. The lowest BCUT2D eigenvalue weighted by molar-refractivity contribution is -0.134. The maximum absolute atomic E-state index is 12.9. The molecule has 33 heavy (non-hydrogen) atoms. The van der Waals surface area contributed by atoms with Crippen LogP contribution >= 0.6 is 0 Å². The Morgan fingerprint density at radius 2 is 1.94 bits per heavy atom. The minimum atomic E-state index is -0.0624. The van der Waals surface area contributed by atoms with E-state index in [0.29, 0.717) is 32.0 Å². The fourth-order valence-electron chi connectivity index (χ4n) is 4.62. The Bertz CT molecular complexity index is 1200. The van der Waals surface area contributed by atoms with E-state index in [1.807, 2.05) is 45.9 Å². The van der Waals surface area contributed by atoms with Crippen molar-refractivity contribution in [3.8, 4) is 5.75 Å². The van der Waals surface area contributed by atoms with Gasteiger partial charge >= 0.3 is 5.69 Å². The molecule has 1 saturated carbocycles. The van der Waals surface area contributed by atoms with Crippen molar-refractivity contribution in [1.29, 1.82) is 0 Å². The van der Waals surface area contributed by atoms with E-state index in [0.717, 1.165) is 42.3 Å². The van der Waals surface area contributed by atoms with Crippen LogP contribution in [-0.2, 0) is 16.1 Å². The molecule has 2 aromatic carbocycles. The molecule has 2 fully saturated rings. The molecule has 3 aromatic rings. The van der Waals surface area contributed by atoms with Gasteiger partial charge in [-0.15, -0.1) is 0 Å². The molecule has 1 atom stereocenters. The zero-order chi connectivity index (χ0) is 22.8. The van der Waals surface area contributed by atoms with Crippen molar-refractivity contribution < 1.29 is 14.3 Å². The number of hydrogen-bond acceptors (Lipinski definition) is 5. The first-order chi connectivity index (χ1) is 16.1. The number of carbonyl (C=O) groups excluding carboxylic acids is 1. The number of aromatic nitrogens is 3. The second kappa shape index (κ2) is 9.39. The summed E-state index contributed by atoms with van der Waals surface area (Å²) < 4.78 is 14.3. The van der Waals surface area contributed by atoms with Crippen LogP contribution in [0.1, 0.15) is 43.5 Å². The van der Waals surface area contributed by atoms with Gasteiger partial charge in [-0.3, -0.25) is 9.36 Å². The molecule has 0 spiro atoms. The predicted molar refractivity (Wildman–Crippen MR) is 125 cm³/mol. The molecule has 2 heterocycles. The van der Waals surface area contributed by atoms with Crippen molar-refractivity contribution in [1.82, 2.24) is 19.2 Å². The minimum absolute atomic E-state index is 0.00275. The highest BCUT2D eigenvalue weighted by atomic mass is 16.5. The van der Waals surface area contributed by atoms with Gasteiger partial charge in [0.1, 0.15) is 11.6 Å². The molecule has 0 bridgehead atoms. The van der Waals surface area contributed by atoms with E-state index in [9.17, 15) is 9.59 Å². The molecule has 5 rings (SSSR count). The van der Waals surface area contributed by atoms with Crippen LogP contribution in [0.2, 0.25) is 0 Å². The molecular weight excluding hydrogens is 420 g/mol. The number of benzene rings is 2. The van der Waals surface area contributed by atoms with Crippen LogP contribution in [0.5, 0.6) is 5.75 Å². The number of hydrogen-bond donors (Lipinski definition) is 0. The number of ether oxygens (including phenoxy) is 2. The number of piperidine rings is 1. The van der Waals surface area contributed by atoms with Gasteiger partial charge in [-0.05, 0) is 48.6 Å². The maximum atomic E-state index is 12.9. The molecule has 174 valence electrons. The second-order valence-electron chi connectivity index (χ2n) is 8.93. The van der Waals surface area contributed by atoms with Crippen LogP contribution < -0.4 is 10.4 Å². The quantitative estimate of drug-likeness (QED) is 0.527. The number of fused-ring (bicyclic) bond motifs is 1. The summed E-state index contributed by atoms with van der Waals surface area (Å²) in [5.41, 5.74) is -0.0624. The van der Waals surface area contributed by atoms with Crippen molar-refractivity contribution in [2.75, 3.05) is 33.4 Å². The summed E-state index contributed by atoms with van der Waals surface area (Å²) in [6.45, 7) is 2.16. The van der Waals surface area contributed by atoms with Crippen LogP contribution in [-0.4, -0.2) is 58.6 Å². The Morgan fingerprint density at radius 1 is 1.12 bits per heavy atom. The number of nitrogens with zero attached hydrogens (tertiary/aromatic N) is 4. The largest absolute Gasteiger partial charge is 0.484 e. The van der Waals surface area contributed by atoms with Crippen molar-refractivity contribution in [3.05, 3.63) is 58.8 Å². The third-order valence-corrected chi connectivity index (χ3v) is 6.54. The number of rotatable bonds is 8. The van der Waals surface area contributed by atoms with E-state index < -0.39 is 0 Å². The first kappa shape index (κ1) is 21.7. The van der Waals surface area contributed by atoms with Gasteiger partial charge in [-0.2, -0.15) is 5.10 Å². The van der Waals surface area contributed by atoms with Crippen LogP contribution in [0.15, 0.2) is 47.3 Å². The molecule has 1 amide bonds. The van der Waals surface area contributed by atoms with Crippen molar-refractivity contribution >= 4 is 16.7 Å². The number of carbonyl (C=O) groups is 1. The molecule has 8 heteroatoms. The van der Waals surface area contributed by atoms with E-state index in [1.165, 1.54) is 4.68 Å². The van der Waals surface area contributed by atoms with Crippen molar-refractivity contribution in [2.24, 2.45) is 0 Å². The first-order valence-corrected chi connectivity index (χ1v) is 11.7. The van der Waals surface area contributed by atoms with Crippen molar-refractivity contribution in [2.45, 2.75) is 44.2 Å². The van der Waals surface area contributed by atoms with Gasteiger partial charge < -0.3 is 14.4 Å². The highest BCUT2D eigenvalue weighted by molar-refractivity contribution is 5.84. The number of methoxy groups -OCH3 is 1. The summed E-state index contributed by atoms with van der Waals surface area (Å²) in [7, 11) is 1.62. The standard InChI is InChI=1S/C25H30N4O4/c1-32-14-13-28-25(31)29(21-9-10-21)24(26-28)20-7-4-12-27(16-20)23(30)17-33-22-11-8-18-5-2-3-6-19(18)15-22/h2-3,5-6,8,11,15,20-21H,4,7,9-10,12-14,16-17H2,1H3. The van der Waals surface area contributed by atoms with E-state index in [2.05, 4.69) is 11.2 Å². The Morgan fingerprint density at radius 3 is 2.73 bits per heavy atom. The molecule has 2 aliphatic rings. The topological polar surface area (TPSA) is 78.6 Å². The normalized spacial score (nSPS) is 18.6. The maximum Gasteiger partial charge on any atom is 0.346 e. The summed E-state index contributed by atoms with van der Waals surface area (Å²) in [5.74, 6) is 1.52. The Kier molecular flexibility index (Phi) is 6.17. The molecule has 0 radical (unpaired) electrons. The predicted octanol–water partition coefficient (Wildman–Crippen LogP) is 2.96. The van der Waals surface area contributed by atoms with Crippen LogP contribution in [0.3, 0.4) is 0 Å². The molecule has 1 aliphatic heterocycles. The molecule has 0 N–H and O–H groups in total. The average molecular weight is 451 g/mol. The highest BCUT2D eigenvalue weighted by Gasteiger charge is 2.35.